The van der Waals surface area contributed by atoms with Gasteiger partial charge < -0.3 is 10.1 Å². The first-order valence-corrected chi connectivity index (χ1v) is 5.91. The number of nitrogens with one attached hydrogen (secondary N) is 1. The molecule has 1 rings (SSSR count). The van der Waals surface area contributed by atoms with Gasteiger partial charge in [0.1, 0.15) is 0 Å². The molecule has 1 heterocycles. The van der Waals surface area contributed by atoms with E-state index >= 15 is 0 Å². The fourth-order valence-corrected chi connectivity index (χ4v) is 2.15. The second-order valence-corrected chi connectivity index (χ2v) is 4.25. The van der Waals surface area contributed by atoms with Crippen LogP contribution >= 0.6 is 15.9 Å². The average molecular weight is 276 g/mol. The number of halogens is 1. The monoisotopic (exact) mass is 275 g/mol. The van der Waals surface area contributed by atoms with Crippen LogP contribution in [0.25, 0.3) is 0 Å². The summed E-state index contributed by atoms with van der Waals surface area (Å²) >= 11 is 3.52. The van der Waals surface area contributed by atoms with Crippen molar-refractivity contribution in [2.45, 2.75) is 25.9 Å². The molecule has 15 heavy (non-hydrogen) atoms. The fraction of sp³-hybridized carbons (Fsp3) is 0.700. The van der Waals surface area contributed by atoms with E-state index in [-0.39, 0.29) is 6.04 Å². The highest BCUT2D eigenvalue weighted by atomic mass is 79.9. The molecule has 0 radical (unpaired) electrons. The molecule has 0 fully saturated rings. The Hall–Kier alpha value is -0.390. The van der Waals surface area contributed by atoms with Gasteiger partial charge in [-0.25, -0.2) is 0 Å². The van der Waals surface area contributed by atoms with E-state index in [4.69, 9.17) is 4.74 Å². The van der Waals surface area contributed by atoms with E-state index in [9.17, 15) is 0 Å². The van der Waals surface area contributed by atoms with Gasteiger partial charge in [0.05, 0.1) is 29.0 Å². The smallest absolute Gasteiger partial charge is 0.0738 e. The third-order valence-electron chi connectivity index (χ3n) is 2.28. The first-order chi connectivity index (χ1) is 7.24. The molecule has 1 aromatic rings. The minimum Gasteiger partial charge on any atom is -0.383 e. The highest BCUT2D eigenvalue weighted by Gasteiger charge is 2.17. The number of hydrogen-bond donors (Lipinski definition) is 1. The molecule has 1 N–H and O–H groups in total. The quantitative estimate of drug-likeness (QED) is 0.863. The van der Waals surface area contributed by atoms with Crippen LogP contribution in [0.1, 0.15) is 25.1 Å². The molecule has 1 atom stereocenters. The largest absolute Gasteiger partial charge is 0.383 e. The third kappa shape index (κ3) is 3.03. The Kier molecular flexibility index (Phi) is 5.28. The van der Waals surface area contributed by atoms with Crippen molar-refractivity contribution >= 4 is 15.9 Å². The maximum atomic E-state index is 5.18. The van der Waals surface area contributed by atoms with Crippen molar-refractivity contribution < 1.29 is 4.74 Å². The van der Waals surface area contributed by atoms with Crippen LogP contribution in [0, 0.1) is 0 Å². The molecule has 0 aliphatic heterocycles. The SMILES string of the molecule is CCCn1ncc(Br)c1C(COC)NC. The second kappa shape index (κ2) is 6.25. The van der Waals surface area contributed by atoms with E-state index < -0.39 is 0 Å². The maximum absolute atomic E-state index is 5.18. The van der Waals surface area contributed by atoms with Crippen LogP contribution in [0.4, 0.5) is 0 Å². The minimum absolute atomic E-state index is 0.179. The lowest BCUT2D eigenvalue weighted by atomic mass is 10.2. The molecule has 0 saturated carbocycles. The van der Waals surface area contributed by atoms with Crippen molar-refractivity contribution in [2.24, 2.45) is 0 Å². The first-order valence-electron chi connectivity index (χ1n) is 5.12. The lowest BCUT2D eigenvalue weighted by Gasteiger charge is -2.17. The Balaban J connectivity index is 2.92. The van der Waals surface area contributed by atoms with Crippen LogP contribution in [-0.4, -0.2) is 30.5 Å². The topological polar surface area (TPSA) is 39.1 Å². The number of ether oxygens (including phenoxy) is 1. The van der Waals surface area contributed by atoms with E-state index in [0.29, 0.717) is 6.61 Å². The highest BCUT2D eigenvalue weighted by Crippen LogP contribution is 2.23. The zero-order valence-corrected chi connectivity index (χ0v) is 11.0. The van der Waals surface area contributed by atoms with E-state index in [2.05, 4.69) is 33.3 Å². The summed E-state index contributed by atoms with van der Waals surface area (Å²) in [6.45, 7) is 3.72. The second-order valence-electron chi connectivity index (χ2n) is 3.40. The summed E-state index contributed by atoms with van der Waals surface area (Å²) in [5, 5.41) is 7.56. The summed E-state index contributed by atoms with van der Waals surface area (Å²) in [7, 11) is 3.64. The molecule has 0 aromatic carbocycles. The van der Waals surface area contributed by atoms with Gasteiger partial charge in [0.15, 0.2) is 0 Å². The van der Waals surface area contributed by atoms with Crippen molar-refractivity contribution in [3.05, 3.63) is 16.4 Å². The predicted octanol–water partition coefficient (Wildman–Crippen LogP) is 1.96. The molecule has 4 nitrogen and oxygen atoms in total. The van der Waals surface area contributed by atoms with Gasteiger partial charge in [0.25, 0.3) is 0 Å². The maximum Gasteiger partial charge on any atom is 0.0738 e. The standard InChI is InChI=1S/C10H18BrN3O/c1-4-5-14-10(8(11)6-13-14)9(12-2)7-15-3/h6,9,12H,4-5,7H2,1-3H3. The normalized spacial score (nSPS) is 13.1. The molecule has 86 valence electrons. The van der Waals surface area contributed by atoms with Gasteiger partial charge in [-0.15, -0.1) is 0 Å². The molecule has 5 heteroatoms. The van der Waals surface area contributed by atoms with Crippen molar-refractivity contribution in [2.75, 3.05) is 20.8 Å². The molecule has 0 saturated heterocycles. The minimum atomic E-state index is 0.179. The van der Waals surface area contributed by atoms with Gasteiger partial charge in [-0.1, -0.05) is 6.92 Å². The Morgan fingerprint density at radius 2 is 2.40 bits per heavy atom. The number of hydrogen-bond acceptors (Lipinski definition) is 3. The number of methoxy groups -OCH3 is 1. The van der Waals surface area contributed by atoms with Crippen LogP contribution in [-0.2, 0) is 11.3 Å². The molecule has 1 aromatic heterocycles. The van der Waals surface area contributed by atoms with Gasteiger partial charge in [-0.2, -0.15) is 5.10 Å². The zero-order valence-electron chi connectivity index (χ0n) is 9.46. The number of rotatable bonds is 6. The van der Waals surface area contributed by atoms with Gasteiger partial charge in [0.2, 0.25) is 0 Å². The Morgan fingerprint density at radius 3 is 2.93 bits per heavy atom. The van der Waals surface area contributed by atoms with E-state index in [1.165, 1.54) is 0 Å². The Bertz CT molecular complexity index is 301. The number of aromatic nitrogens is 2. The Labute approximate surface area is 99.1 Å². The summed E-state index contributed by atoms with van der Waals surface area (Å²) in [6, 6.07) is 0.179. The van der Waals surface area contributed by atoms with Gasteiger partial charge in [0, 0.05) is 13.7 Å². The van der Waals surface area contributed by atoms with E-state index in [1.807, 2.05) is 17.9 Å². The number of nitrogens with zero attached hydrogens (tertiary/aromatic N) is 2. The molecule has 0 aliphatic carbocycles. The van der Waals surface area contributed by atoms with Crippen LogP contribution < -0.4 is 5.32 Å². The number of aryl methyl sites for hydroxylation is 1. The summed E-state index contributed by atoms with van der Waals surface area (Å²) in [5.41, 5.74) is 1.15. The summed E-state index contributed by atoms with van der Waals surface area (Å²) < 4.78 is 8.24. The molecule has 0 spiro atoms. The molecule has 0 aliphatic rings. The molecular formula is C10H18BrN3O. The van der Waals surface area contributed by atoms with Gasteiger partial charge >= 0.3 is 0 Å². The summed E-state index contributed by atoms with van der Waals surface area (Å²) in [4.78, 5) is 0. The number of likely N-dealkylation sites (N-methyl/N-ethyl adjacent to an activating group) is 1. The highest BCUT2D eigenvalue weighted by molar-refractivity contribution is 9.10. The van der Waals surface area contributed by atoms with Gasteiger partial charge in [-0.3, -0.25) is 4.68 Å². The van der Waals surface area contributed by atoms with Gasteiger partial charge in [-0.05, 0) is 29.4 Å². The van der Waals surface area contributed by atoms with Crippen LogP contribution in [0.5, 0.6) is 0 Å². The molecular weight excluding hydrogens is 258 g/mol. The van der Waals surface area contributed by atoms with Crippen LogP contribution in [0.3, 0.4) is 0 Å². The lowest BCUT2D eigenvalue weighted by Crippen LogP contribution is -2.24. The van der Waals surface area contributed by atoms with Crippen LogP contribution in [0.2, 0.25) is 0 Å². The van der Waals surface area contributed by atoms with Crippen molar-refractivity contribution in [1.29, 1.82) is 0 Å². The van der Waals surface area contributed by atoms with Crippen molar-refractivity contribution in [3.8, 4) is 0 Å². The lowest BCUT2D eigenvalue weighted by molar-refractivity contribution is 0.166. The zero-order chi connectivity index (χ0) is 11.3. The van der Waals surface area contributed by atoms with Crippen molar-refractivity contribution in [3.63, 3.8) is 0 Å². The summed E-state index contributed by atoms with van der Waals surface area (Å²) in [5.74, 6) is 0. The fourth-order valence-electron chi connectivity index (χ4n) is 1.57. The molecule has 1 unspecified atom stereocenters. The van der Waals surface area contributed by atoms with Crippen LogP contribution in [0.15, 0.2) is 10.7 Å². The molecule has 0 bridgehead atoms. The average Bonchev–Trinajstić information content (AvgIpc) is 2.58. The summed E-state index contributed by atoms with van der Waals surface area (Å²) in [6.07, 6.45) is 2.91. The van der Waals surface area contributed by atoms with E-state index in [0.717, 1.165) is 23.1 Å². The predicted molar refractivity (Wildman–Crippen MR) is 63.9 cm³/mol. The third-order valence-corrected chi connectivity index (χ3v) is 2.89. The first kappa shape index (κ1) is 12.7. The Morgan fingerprint density at radius 1 is 1.67 bits per heavy atom. The van der Waals surface area contributed by atoms with Crippen molar-refractivity contribution in [1.82, 2.24) is 15.1 Å². The molecule has 0 amide bonds. The van der Waals surface area contributed by atoms with E-state index in [1.54, 1.807) is 7.11 Å².